The molecule has 1 fully saturated rings. The number of carbonyl (C=O) groups excluding carboxylic acids is 1. The Bertz CT molecular complexity index is 525. The molecule has 1 saturated heterocycles. The molecule has 3 rings (SSSR count). The van der Waals surface area contributed by atoms with Crippen molar-refractivity contribution < 1.29 is 9.53 Å². The third-order valence-corrected chi connectivity index (χ3v) is 5.46. The smallest absolute Gasteiger partial charge is 0.245 e. The molecule has 0 spiro atoms. The summed E-state index contributed by atoms with van der Waals surface area (Å²) in [6, 6.07) is 8.13. The van der Waals surface area contributed by atoms with Crippen molar-refractivity contribution in [3.63, 3.8) is 0 Å². The zero-order valence-corrected chi connectivity index (χ0v) is 13.0. The summed E-state index contributed by atoms with van der Waals surface area (Å²) in [5.41, 5.74) is 1.22. The number of nitrogens with zero attached hydrogens (tertiary/aromatic N) is 1. The van der Waals surface area contributed by atoms with Crippen LogP contribution in [0.3, 0.4) is 0 Å². The van der Waals surface area contributed by atoms with Gasteiger partial charge in [-0.25, -0.2) is 0 Å². The van der Waals surface area contributed by atoms with Crippen molar-refractivity contribution in [2.75, 3.05) is 31.2 Å². The minimum Gasteiger partial charge on any atom is -0.493 e. The van der Waals surface area contributed by atoms with Crippen LogP contribution >= 0.6 is 11.8 Å². The topological polar surface area (TPSA) is 29.5 Å². The lowest BCUT2D eigenvalue weighted by Gasteiger charge is -2.26. The van der Waals surface area contributed by atoms with Crippen molar-refractivity contribution in [3.8, 4) is 5.75 Å². The minimum absolute atomic E-state index is 0.0382. The zero-order chi connectivity index (χ0) is 14.7. The summed E-state index contributed by atoms with van der Waals surface area (Å²) in [6.07, 6.45) is 2.65. The molecule has 0 radical (unpaired) electrons. The van der Waals surface area contributed by atoms with Crippen LogP contribution in [-0.4, -0.2) is 42.0 Å². The van der Waals surface area contributed by atoms with Crippen LogP contribution < -0.4 is 4.74 Å². The summed E-state index contributed by atoms with van der Waals surface area (Å²) < 4.78 is 5.73. The van der Waals surface area contributed by atoms with Gasteiger partial charge in [-0.1, -0.05) is 24.8 Å². The Labute approximate surface area is 130 Å². The van der Waals surface area contributed by atoms with Crippen LogP contribution in [0.4, 0.5) is 0 Å². The molecular weight excluding hydrogens is 282 g/mol. The van der Waals surface area contributed by atoms with Crippen molar-refractivity contribution in [3.05, 3.63) is 42.5 Å². The quantitative estimate of drug-likeness (QED) is 0.783. The van der Waals surface area contributed by atoms with Gasteiger partial charge in [0.25, 0.3) is 0 Å². The number of hydrogen-bond donors (Lipinski definition) is 0. The van der Waals surface area contributed by atoms with Crippen molar-refractivity contribution >= 4 is 17.7 Å². The Balaban J connectivity index is 1.69. The summed E-state index contributed by atoms with van der Waals surface area (Å²) in [5, 5.41) is 0. The molecule has 0 aliphatic carbocycles. The Kier molecular flexibility index (Phi) is 4.54. The lowest BCUT2D eigenvalue weighted by Crippen LogP contribution is -2.37. The fourth-order valence-electron chi connectivity index (χ4n) is 3.07. The highest BCUT2D eigenvalue weighted by Crippen LogP contribution is 2.34. The predicted molar refractivity (Wildman–Crippen MR) is 86.9 cm³/mol. The van der Waals surface area contributed by atoms with Gasteiger partial charge in [0.2, 0.25) is 5.91 Å². The van der Waals surface area contributed by atoms with Crippen LogP contribution in [0, 0.1) is 5.92 Å². The van der Waals surface area contributed by atoms with E-state index in [0.29, 0.717) is 12.5 Å². The first-order chi connectivity index (χ1) is 10.3. The second-order valence-corrected chi connectivity index (χ2v) is 6.87. The SMILES string of the molecule is C=CC(=O)N(CC1CCSC1)CC1COc2ccccc21. The average molecular weight is 303 g/mol. The first-order valence-corrected chi connectivity index (χ1v) is 8.64. The number of ether oxygens (including phenoxy) is 1. The van der Waals surface area contributed by atoms with Crippen molar-refractivity contribution in [1.29, 1.82) is 0 Å². The van der Waals surface area contributed by atoms with E-state index < -0.39 is 0 Å². The number of para-hydroxylation sites is 1. The lowest BCUT2D eigenvalue weighted by atomic mass is 9.99. The van der Waals surface area contributed by atoms with E-state index in [4.69, 9.17) is 4.74 Å². The molecule has 3 nitrogen and oxygen atoms in total. The maximum atomic E-state index is 12.2. The van der Waals surface area contributed by atoms with Gasteiger partial charge in [-0.2, -0.15) is 11.8 Å². The van der Waals surface area contributed by atoms with Gasteiger partial charge < -0.3 is 9.64 Å². The van der Waals surface area contributed by atoms with Crippen LogP contribution in [0.25, 0.3) is 0 Å². The van der Waals surface area contributed by atoms with E-state index >= 15 is 0 Å². The monoisotopic (exact) mass is 303 g/mol. The minimum atomic E-state index is 0.0382. The molecule has 2 aliphatic heterocycles. The van der Waals surface area contributed by atoms with E-state index in [1.807, 2.05) is 34.9 Å². The zero-order valence-electron chi connectivity index (χ0n) is 12.2. The Hall–Kier alpha value is -1.42. The highest BCUT2D eigenvalue weighted by Gasteiger charge is 2.28. The van der Waals surface area contributed by atoms with E-state index in [2.05, 4.69) is 12.6 Å². The van der Waals surface area contributed by atoms with E-state index in [-0.39, 0.29) is 11.8 Å². The Morgan fingerprint density at radius 1 is 1.43 bits per heavy atom. The lowest BCUT2D eigenvalue weighted by molar-refractivity contribution is -0.126. The highest BCUT2D eigenvalue weighted by atomic mass is 32.2. The molecule has 1 aromatic carbocycles. The maximum absolute atomic E-state index is 12.2. The van der Waals surface area contributed by atoms with Gasteiger partial charge in [-0.15, -0.1) is 0 Å². The van der Waals surface area contributed by atoms with Crippen LogP contribution in [0.15, 0.2) is 36.9 Å². The second kappa shape index (κ2) is 6.56. The largest absolute Gasteiger partial charge is 0.493 e. The summed E-state index contributed by atoms with van der Waals surface area (Å²) in [7, 11) is 0. The second-order valence-electron chi connectivity index (χ2n) is 5.72. The van der Waals surface area contributed by atoms with E-state index in [1.165, 1.54) is 29.6 Å². The molecule has 2 heterocycles. The van der Waals surface area contributed by atoms with E-state index in [1.54, 1.807) is 0 Å². The number of carbonyl (C=O) groups is 1. The normalized spacial score (nSPS) is 23.4. The average Bonchev–Trinajstić information content (AvgIpc) is 3.16. The Morgan fingerprint density at radius 3 is 3.05 bits per heavy atom. The number of benzene rings is 1. The summed E-state index contributed by atoms with van der Waals surface area (Å²) in [5.74, 6) is 4.28. The van der Waals surface area contributed by atoms with Gasteiger partial charge in [-0.3, -0.25) is 4.79 Å². The van der Waals surface area contributed by atoms with Crippen LogP contribution in [0.5, 0.6) is 5.75 Å². The summed E-state index contributed by atoms with van der Waals surface area (Å²) >= 11 is 1.99. The van der Waals surface area contributed by atoms with E-state index in [0.717, 1.165) is 18.8 Å². The van der Waals surface area contributed by atoms with Crippen molar-refractivity contribution in [2.45, 2.75) is 12.3 Å². The first-order valence-electron chi connectivity index (χ1n) is 7.48. The number of fused-ring (bicyclic) bond motifs is 1. The molecule has 1 aromatic rings. The number of rotatable bonds is 5. The van der Waals surface area contributed by atoms with Gasteiger partial charge >= 0.3 is 0 Å². The molecule has 1 amide bonds. The van der Waals surface area contributed by atoms with Crippen LogP contribution in [0.1, 0.15) is 17.9 Å². The fourth-order valence-corrected chi connectivity index (χ4v) is 4.34. The third kappa shape index (κ3) is 3.26. The van der Waals surface area contributed by atoms with Crippen molar-refractivity contribution in [2.24, 2.45) is 5.92 Å². The summed E-state index contributed by atoms with van der Waals surface area (Å²) in [6.45, 7) is 5.88. The molecule has 21 heavy (non-hydrogen) atoms. The van der Waals surface area contributed by atoms with E-state index in [9.17, 15) is 4.79 Å². The molecular formula is C17H21NO2S. The van der Waals surface area contributed by atoms with Crippen LogP contribution in [-0.2, 0) is 4.79 Å². The molecule has 2 atom stereocenters. The molecule has 0 bridgehead atoms. The number of thioether (sulfide) groups is 1. The maximum Gasteiger partial charge on any atom is 0.245 e. The molecule has 0 saturated carbocycles. The van der Waals surface area contributed by atoms with Crippen LogP contribution in [0.2, 0.25) is 0 Å². The molecule has 0 aromatic heterocycles. The molecule has 0 N–H and O–H groups in total. The van der Waals surface area contributed by atoms with Gasteiger partial charge in [0, 0.05) is 24.6 Å². The first kappa shape index (κ1) is 14.5. The summed E-state index contributed by atoms with van der Waals surface area (Å²) in [4.78, 5) is 14.1. The highest BCUT2D eigenvalue weighted by molar-refractivity contribution is 7.99. The molecule has 112 valence electrons. The van der Waals surface area contributed by atoms with Crippen molar-refractivity contribution in [1.82, 2.24) is 4.90 Å². The number of hydrogen-bond acceptors (Lipinski definition) is 3. The third-order valence-electron chi connectivity index (χ3n) is 4.23. The van der Waals surface area contributed by atoms with Gasteiger partial charge in [0.05, 0.1) is 6.61 Å². The molecule has 2 unspecified atom stereocenters. The molecule has 4 heteroatoms. The van der Waals surface area contributed by atoms with Gasteiger partial charge in [0.1, 0.15) is 5.75 Å². The predicted octanol–water partition coefficient (Wildman–Crippen LogP) is 2.93. The van der Waals surface area contributed by atoms with Gasteiger partial charge in [0.15, 0.2) is 0 Å². The molecule has 2 aliphatic rings. The standard InChI is InChI=1S/C17H21NO2S/c1-2-17(19)18(9-13-7-8-21-12-13)10-14-11-20-16-6-4-3-5-15(14)16/h2-6,13-14H,1,7-12H2. The Morgan fingerprint density at radius 2 is 2.29 bits per heavy atom. The number of amides is 1. The fraction of sp³-hybridized carbons (Fsp3) is 0.471. The van der Waals surface area contributed by atoms with Gasteiger partial charge in [-0.05, 0) is 36.0 Å².